The molecule has 21 heavy (non-hydrogen) atoms. The quantitative estimate of drug-likeness (QED) is 0.866. The first-order chi connectivity index (χ1) is 10.1. The zero-order valence-corrected chi connectivity index (χ0v) is 12.8. The third-order valence-corrected chi connectivity index (χ3v) is 3.86. The molecule has 0 spiro atoms. The molecule has 1 aromatic carbocycles. The summed E-state index contributed by atoms with van der Waals surface area (Å²) in [6.07, 6.45) is 2.50. The monoisotopic (exact) mass is 293 g/mol. The lowest BCUT2D eigenvalue weighted by Gasteiger charge is -2.24. The molecule has 1 heterocycles. The number of nitrogens with zero attached hydrogens (tertiary/aromatic N) is 2. The van der Waals surface area contributed by atoms with Crippen molar-refractivity contribution in [1.82, 2.24) is 15.1 Å². The molecule has 5 heteroatoms. The van der Waals surface area contributed by atoms with E-state index in [-0.39, 0.29) is 11.7 Å². The Balaban J connectivity index is 1.92. The number of amides is 1. The molecular weight excluding hydrogens is 269 g/mol. The molecule has 1 N–H and O–H groups in total. The van der Waals surface area contributed by atoms with Crippen molar-refractivity contribution in [1.29, 1.82) is 0 Å². The summed E-state index contributed by atoms with van der Waals surface area (Å²) < 4.78 is 13.4. The van der Waals surface area contributed by atoms with Crippen LogP contribution in [0.15, 0.2) is 24.3 Å². The number of halogens is 1. The minimum absolute atomic E-state index is 0.0789. The summed E-state index contributed by atoms with van der Waals surface area (Å²) in [5.74, 6) is -0.394. The molecule has 1 amide bonds. The maximum Gasteiger partial charge on any atom is 0.241 e. The van der Waals surface area contributed by atoms with Gasteiger partial charge in [0.2, 0.25) is 5.91 Å². The average molecular weight is 293 g/mol. The molecule has 0 bridgehead atoms. The van der Waals surface area contributed by atoms with Crippen LogP contribution < -0.4 is 5.32 Å². The van der Waals surface area contributed by atoms with Crippen LogP contribution in [-0.2, 0) is 4.79 Å². The standard InChI is InChI=1S/C16H24FN3O/c1-19(2)15(13-6-5-7-14(17)12-13)16(21)18-8-11-20-9-3-4-10-20/h5-7,12,15H,3-4,8-11H2,1-2H3,(H,18,21). The lowest BCUT2D eigenvalue weighted by molar-refractivity contribution is -0.125. The fourth-order valence-electron chi connectivity index (χ4n) is 2.80. The highest BCUT2D eigenvalue weighted by atomic mass is 19.1. The van der Waals surface area contributed by atoms with E-state index in [9.17, 15) is 9.18 Å². The van der Waals surface area contributed by atoms with Crippen LogP contribution in [0.4, 0.5) is 4.39 Å². The van der Waals surface area contributed by atoms with Crippen molar-refractivity contribution in [3.63, 3.8) is 0 Å². The number of carbonyl (C=O) groups is 1. The number of hydrogen-bond acceptors (Lipinski definition) is 3. The van der Waals surface area contributed by atoms with Gasteiger partial charge in [-0.3, -0.25) is 9.69 Å². The summed E-state index contributed by atoms with van der Waals surface area (Å²) in [5, 5.41) is 2.96. The highest BCUT2D eigenvalue weighted by Crippen LogP contribution is 2.19. The summed E-state index contributed by atoms with van der Waals surface area (Å²) >= 11 is 0. The van der Waals surface area contributed by atoms with Crippen molar-refractivity contribution < 1.29 is 9.18 Å². The summed E-state index contributed by atoms with van der Waals surface area (Å²) in [5.41, 5.74) is 0.679. The van der Waals surface area contributed by atoms with Crippen molar-refractivity contribution in [2.75, 3.05) is 40.3 Å². The molecule has 1 aliphatic heterocycles. The number of likely N-dealkylation sites (tertiary alicyclic amines) is 1. The Hall–Kier alpha value is -1.46. The lowest BCUT2D eigenvalue weighted by Crippen LogP contribution is -2.40. The van der Waals surface area contributed by atoms with Crippen LogP contribution in [0.1, 0.15) is 24.4 Å². The normalized spacial score (nSPS) is 17.1. The number of nitrogens with one attached hydrogen (secondary N) is 1. The summed E-state index contributed by atoms with van der Waals surface area (Å²) in [6.45, 7) is 3.77. The van der Waals surface area contributed by atoms with Gasteiger partial charge in [-0.1, -0.05) is 12.1 Å². The number of carbonyl (C=O) groups excluding carboxylic acids is 1. The van der Waals surface area contributed by atoms with Crippen molar-refractivity contribution >= 4 is 5.91 Å². The van der Waals surface area contributed by atoms with Crippen molar-refractivity contribution in [3.8, 4) is 0 Å². The van der Waals surface area contributed by atoms with Gasteiger partial charge in [0.05, 0.1) is 0 Å². The van der Waals surface area contributed by atoms with Crippen LogP contribution in [0, 0.1) is 5.82 Å². The molecule has 1 aromatic rings. The maximum atomic E-state index is 13.4. The van der Waals surface area contributed by atoms with Crippen LogP contribution >= 0.6 is 0 Å². The molecule has 1 atom stereocenters. The molecule has 1 aliphatic rings. The molecule has 0 aromatic heterocycles. The summed E-state index contributed by atoms with van der Waals surface area (Å²) in [6, 6.07) is 5.78. The van der Waals surface area contributed by atoms with Crippen molar-refractivity contribution in [3.05, 3.63) is 35.6 Å². The predicted molar refractivity (Wildman–Crippen MR) is 81.5 cm³/mol. The van der Waals surface area contributed by atoms with E-state index in [4.69, 9.17) is 0 Å². The SMILES string of the molecule is CN(C)C(C(=O)NCCN1CCCC1)c1cccc(F)c1. The Kier molecular flexibility index (Phi) is 5.70. The second-order valence-corrected chi connectivity index (χ2v) is 5.76. The van der Waals surface area contributed by atoms with Crippen LogP contribution in [0.5, 0.6) is 0 Å². The van der Waals surface area contributed by atoms with Gasteiger partial charge in [0.25, 0.3) is 0 Å². The Bertz CT molecular complexity index is 472. The lowest BCUT2D eigenvalue weighted by atomic mass is 10.1. The van der Waals surface area contributed by atoms with Gasteiger partial charge >= 0.3 is 0 Å². The molecular formula is C16H24FN3O. The van der Waals surface area contributed by atoms with Gasteiger partial charge < -0.3 is 10.2 Å². The van der Waals surface area contributed by atoms with Crippen molar-refractivity contribution in [2.45, 2.75) is 18.9 Å². The third-order valence-electron chi connectivity index (χ3n) is 3.86. The molecule has 1 unspecified atom stereocenters. The van der Waals surface area contributed by atoms with E-state index in [1.807, 2.05) is 14.1 Å². The molecule has 116 valence electrons. The molecule has 4 nitrogen and oxygen atoms in total. The number of hydrogen-bond donors (Lipinski definition) is 1. The van der Waals surface area contributed by atoms with Crippen LogP contribution in [0.25, 0.3) is 0 Å². The Morgan fingerprint density at radius 1 is 1.38 bits per heavy atom. The van der Waals surface area contributed by atoms with E-state index in [1.54, 1.807) is 17.0 Å². The second-order valence-electron chi connectivity index (χ2n) is 5.76. The van der Waals surface area contributed by atoms with Gasteiger partial charge in [0, 0.05) is 13.1 Å². The van der Waals surface area contributed by atoms with E-state index >= 15 is 0 Å². The van der Waals surface area contributed by atoms with Gasteiger partial charge in [-0.15, -0.1) is 0 Å². The first-order valence-electron chi connectivity index (χ1n) is 7.50. The fourth-order valence-corrected chi connectivity index (χ4v) is 2.80. The summed E-state index contributed by atoms with van der Waals surface area (Å²) in [4.78, 5) is 16.5. The molecule has 0 saturated carbocycles. The van der Waals surface area contributed by atoms with E-state index in [0.29, 0.717) is 12.1 Å². The second kappa shape index (κ2) is 7.52. The zero-order valence-electron chi connectivity index (χ0n) is 12.8. The molecule has 1 saturated heterocycles. The third kappa shape index (κ3) is 4.51. The van der Waals surface area contributed by atoms with Crippen LogP contribution in [-0.4, -0.2) is 56.0 Å². The van der Waals surface area contributed by atoms with Gasteiger partial charge in [0.15, 0.2) is 0 Å². The largest absolute Gasteiger partial charge is 0.353 e. The zero-order chi connectivity index (χ0) is 15.2. The van der Waals surface area contributed by atoms with Gasteiger partial charge in [-0.25, -0.2) is 4.39 Å². The predicted octanol–water partition coefficient (Wildman–Crippen LogP) is 1.64. The van der Waals surface area contributed by atoms with Gasteiger partial charge in [-0.2, -0.15) is 0 Å². The maximum absolute atomic E-state index is 13.4. The Labute approximate surface area is 125 Å². The number of rotatable bonds is 6. The minimum atomic E-state index is -0.459. The number of likely N-dealkylation sites (N-methyl/N-ethyl adjacent to an activating group) is 1. The smallest absolute Gasteiger partial charge is 0.241 e. The first-order valence-corrected chi connectivity index (χ1v) is 7.50. The highest BCUT2D eigenvalue weighted by Gasteiger charge is 2.23. The Morgan fingerprint density at radius 3 is 2.71 bits per heavy atom. The van der Waals surface area contributed by atoms with E-state index in [2.05, 4.69) is 10.2 Å². The average Bonchev–Trinajstić information content (AvgIpc) is 2.91. The Morgan fingerprint density at radius 2 is 2.10 bits per heavy atom. The topological polar surface area (TPSA) is 35.6 Å². The van der Waals surface area contributed by atoms with Crippen LogP contribution in [0.3, 0.4) is 0 Å². The van der Waals surface area contributed by atoms with Crippen LogP contribution in [0.2, 0.25) is 0 Å². The van der Waals surface area contributed by atoms with Gasteiger partial charge in [0.1, 0.15) is 11.9 Å². The highest BCUT2D eigenvalue weighted by molar-refractivity contribution is 5.83. The number of benzene rings is 1. The van der Waals surface area contributed by atoms with Gasteiger partial charge in [-0.05, 0) is 57.7 Å². The fraction of sp³-hybridized carbons (Fsp3) is 0.562. The van der Waals surface area contributed by atoms with E-state index in [0.717, 1.165) is 19.6 Å². The minimum Gasteiger partial charge on any atom is -0.353 e. The van der Waals surface area contributed by atoms with E-state index in [1.165, 1.54) is 25.0 Å². The van der Waals surface area contributed by atoms with E-state index < -0.39 is 6.04 Å². The molecule has 0 radical (unpaired) electrons. The molecule has 0 aliphatic carbocycles. The van der Waals surface area contributed by atoms with Crippen molar-refractivity contribution in [2.24, 2.45) is 0 Å². The molecule has 2 rings (SSSR count). The first kappa shape index (κ1) is 15.9. The summed E-state index contributed by atoms with van der Waals surface area (Å²) in [7, 11) is 3.66. The molecule has 1 fully saturated rings.